The lowest BCUT2D eigenvalue weighted by molar-refractivity contribution is 0.0946. The van der Waals surface area contributed by atoms with E-state index in [1.165, 1.54) is 12.1 Å². The number of aromatic nitrogens is 3. The zero-order valence-electron chi connectivity index (χ0n) is 15.5. The highest BCUT2D eigenvalue weighted by molar-refractivity contribution is 5.91. The van der Waals surface area contributed by atoms with Gasteiger partial charge in [0.25, 0.3) is 11.5 Å². The molecule has 0 atom stereocenters. The molecule has 0 saturated heterocycles. The second-order valence-corrected chi connectivity index (χ2v) is 6.21. The Morgan fingerprint density at radius 3 is 2.50 bits per heavy atom. The molecule has 0 unspecified atom stereocenters. The average molecular weight is 382 g/mol. The number of nitrogens with zero attached hydrogens (tertiary/aromatic N) is 3. The van der Waals surface area contributed by atoms with E-state index in [-0.39, 0.29) is 18.8 Å². The first kappa shape index (κ1) is 19.2. The zero-order valence-corrected chi connectivity index (χ0v) is 15.5. The van der Waals surface area contributed by atoms with E-state index in [4.69, 9.17) is 0 Å². The van der Waals surface area contributed by atoms with Crippen LogP contribution in [-0.2, 0) is 6.54 Å². The van der Waals surface area contributed by atoms with E-state index in [1.54, 1.807) is 38.1 Å². The summed E-state index contributed by atoms with van der Waals surface area (Å²) >= 11 is 0. The van der Waals surface area contributed by atoms with E-state index >= 15 is 0 Å². The molecule has 2 aromatic carbocycles. The summed E-state index contributed by atoms with van der Waals surface area (Å²) in [7, 11) is 0. The number of benzene rings is 2. The van der Waals surface area contributed by atoms with Crippen molar-refractivity contribution in [1.82, 2.24) is 19.7 Å². The molecule has 0 aliphatic carbocycles. The van der Waals surface area contributed by atoms with Crippen LogP contribution < -0.4 is 16.6 Å². The molecule has 0 aliphatic rings. The van der Waals surface area contributed by atoms with Crippen LogP contribution >= 0.6 is 0 Å². The van der Waals surface area contributed by atoms with E-state index in [2.05, 4.69) is 10.4 Å². The maximum atomic E-state index is 14.0. The first-order valence-electron chi connectivity index (χ1n) is 8.75. The third-order valence-corrected chi connectivity index (χ3v) is 4.20. The van der Waals surface area contributed by atoms with Gasteiger partial charge in [-0.05, 0) is 31.0 Å². The molecule has 3 rings (SSSR count). The van der Waals surface area contributed by atoms with Crippen LogP contribution in [-0.4, -0.2) is 26.8 Å². The van der Waals surface area contributed by atoms with Gasteiger partial charge in [0, 0.05) is 12.6 Å². The van der Waals surface area contributed by atoms with Crippen LogP contribution in [0.25, 0.3) is 5.69 Å². The molecule has 0 bridgehead atoms. The Morgan fingerprint density at radius 2 is 1.86 bits per heavy atom. The number of nitrogens with one attached hydrogen (secondary N) is 1. The number of amides is 1. The molecule has 0 aliphatic heterocycles. The minimum Gasteiger partial charge on any atom is -0.351 e. The predicted octanol–water partition coefficient (Wildman–Crippen LogP) is 1.64. The zero-order chi connectivity index (χ0) is 20.3. The summed E-state index contributed by atoms with van der Waals surface area (Å²) in [6, 6.07) is 13.0. The first-order chi connectivity index (χ1) is 13.4. The Labute approximate surface area is 160 Å². The fourth-order valence-corrected chi connectivity index (χ4v) is 2.69. The van der Waals surface area contributed by atoms with Crippen LogP contribution in [0, 0.1) is 12.7 Å². The summed E-state index contributed by atoms with van der Waals surface area (Å²) in [6.07, 6.45) is 0. The fraction of sp³-hybridized carbons (Fsp3) is 0.200. The van der Waals surface area contributed by atoms with Gasteiger partial charge in [-0.15, -0.1) is 0 Å². The van der Waals surface area contributed by atoms with Gasteiger partial charge in [-0.3, -0.25) is 14.2 Å². The predicted molar refractivity (Wildman–Crippen MR) is 102 cm³/mol. The first-order valence-corrected chi connectivity index (χ1v) is 8.75. The molecular weight excluding hydrogens is 363 g/mol. The number of rotatable bonds is 5. The van der Waals surface area contributed by atoms with Gasteiger partial charge in [0.15, 0.2) is 0 Å². The number of hydrogen-bond acceptors (Lipinski definition) is 4. The van der Waals surface area contributed by atoms with Gasteiger partial charge >= 0.3 is 5.69 Å². The monoisotopic (exact) mass is 382 g/mol. The van der Waals surface area contributed by atoms with Gasteiger partial charge in [0.2, 0.25) is 5.69 Å². The lowest BCUT2D eigenvalue weighted by atomic mass is 10.2. The van der Waals surface area contributed by atoms with Gasteiger partial charge in [0.1, 0.15) is 5.82 Å². The van der Waals surface area contributed by atoms with Crippen LogP contribution in [0.3, 0.4) is 0 Å². The lowest BCUT2D eigenvalue weighted by Crippen LogP contribution is -2.46. The molecule has 0 radical (unpaired) electrons. The van der Waals surface area contributed by atoms with Crippen molar-refractivity contribution in [1.29, 1.82) is 0 Å². The Hall–Kier alpha value is -3.55. The van der Waals surface area contributed by atoms with Crippen molar-refractivity contribution >= 4 is 5.91 Å². The highest BCUT2D eigenvalue weighted by atomic mass is 19.1. The van der Waals surface area contributed by atoms with Crippen molar-refractivity contribution in [2.75, 3.05) is 6.54 Å². The fourth-order valence-electron chi connectivity index (χ4n) is 2.69. The van der Waals surface area contributed by atoms with Crippen molar-refractivity contribution in [2.45, 2.75) is 20.4 Å². The minimum absolute atomic E-state index is 0.0399. The highest BCUT2D eigenvalue weighted by Crippen LogP contribution is 2.11. The topological polar surface area (TPSA) is 86.0 Å². The summed E-state index contributed by atoms with van der Waals surface area (Å²) < 4.78 is 15.8. The Morgan fingerprint density at radius 1 is 1.14 bits per heavy atom. The van der Waals surface area contributed by atoms with Crippen LogP contribution in [0.4, 0.5) is 4.39 Å². The van der Waals surface area contributed by atoms with E-state index < -0.39 is 28.7 Å². The molecule has 8 heteroatoms. The molecule has 7 nitrogen and oxygen atoms in total. The summed E-state index contributed by atoms with van der Waals surface area (Å²) in [5.74, 6) is -1.22. The molecule has 0 fully saturated rings. The van der Waals surface area contributed by atoms with Crippen molar-refractivity contribution < 1.29 is 9.18 Å². The van der Waals surface area contributed by atoms with Crippen molar-refractivity contribution in [3.8, 4) is 5.69 Å². The Balaban J connectivity index is 2.24. The second-order valence-electron chi connectivity index (χ2n) is 6.21. The van der Waals surface area contributed by atoms with Gasteiger partial charge in [-0.1, -0.05) is 36.4 Å². The number of carbonyl (C=O) groups is 1. The smallest absolute Gasteiger partial charge is 0.351 e. The summed E-state index contributed by atoms with van der Waals surface area (Å²) in [6.45, 7) is 3.54. The van der Waals surface area contributed by atoms with E-state index in [0.717, 1.165) is 15.3 Å². The van der Waals surface area contributed by atoms with Gasteiger partial charge in [-0.2, -0.15) is 9.78 Å². The molecule has 1 N–H and O–H groups in total. The van der Waals surface area contributed by atoms with Crippen molar-refractivity contribution in [2.24, 2.45) is 0 Å². The maximum Gasteiger partial charge on any atom is 0.352 e. The molecule has 1 amide bonds. The number of halogens is 1. The van der Waals surface area contributed by atoms with Crippen LogP contribution in [0.2, 0.25) is 0 Å². The maximum absolute atomic E-state index is 14.0. The quantitative estimate of drug-likeness (QED) is 0.727. The van der Waals surface area contributed by atoms with Crippen LogP contribution in [0.1, 0.15) is 28.5 Å². The Kier molecular flexibility index (Phi) is 5.49. The number of carbonyl (C=O) groups excluding carboxylic acids is 1. The number of aryl methyl sites for hydroxylation is 1. The van der Waals surface area contributed by atoms with Crippen molar-refractivity contribution in [3.05, 3.63) is 92.0 Å². The van der Waals surface area contributed by atoms with Crippen molar-refractivity contribution in [3.63, 3.8) is 0 Å². The molecule has 1 heterocycles. The third kappa shape index (κ3) is 3.75. The molecule has 144 valence electrons. The third-order valence-electron chi connectivity index (χ3n) is 4.20. The highest BCUT2D eigenvalue weighted by Gasteiger charge is 2.20. The summed E-state index contributed by atoms with van der Waals surface area (Å²) in [4.78, 5) is 38.0. The summed E-state index contributed by atoms with van der Waals surface area (Å²) in [5, 5.41) is 6.43. The molecular formula is C20H19FN4O3. The molecule has 0 spiro atoms. The van der Waals surface area contributed by atoms with E-state index in [0.29, 0.717) is 11.1 Å². The van der Waals surface area contributed by atoms with Gasteiger partial charge in [0.05, 0.1) is 12.2 Å². The average Bonchev–Trinajstić information content (AvgIpc) is 2.68. The minimum atomic E-state index is -0.802. The molecule has 28 heavy (non-hydrogen) atoms. The molecule has 1 aromatic heterocycles. The van der Waals surface area contributed by atoms with Crippen LogP contribution in [0.15, 0.2) is 58.1 Å². The van der Waals surface area contributed by atoms with E-state index in [1.807, 2.05) is 6.07 Å². The summed E-state index contributed by atoms with van der Waals surface area (Å²) in [5.41, 5.74) is -0.762. The van der Waals surface area contributed by atoms with E-state index in [9.17, 15) is 18.8 Å². The second kappa shape index (κ2) is 7.99. The van der Waals surface area contributed by atoms with Gasteiger partial charge in [-0.25, -0.2) is 9.18 Å². The lowest BCUT2D eigenvalue weighted by Gasteiger charge is -2.12. The molecule has 3 aromatic rings. The Bertz CT molecular complexity index is 1140. The standard InChI is InChI=1S/C20H19FN4O3/c1-3-22-18(26)17-19(27)24(12-14-7-5-4-6-8-14)20(28)25(23-17)15-10-9-13(2)16(21)11-15/h4-11H,3,12H2,1-2H3,(H,22,26). The SMILES string of the molecule is CCNC(=O)c1nn(-c2ccc(C)c(F)c2)c(=O)n(Cc2ccccc2)c1=O. The van der Waals surface area contributed by atoms with Gasteiger partial charge < -0.3 is 5.32 Å². The normalized spacial score (nSPS) is 10.7. The number of hydrogen-bond donors (Lipinski definition) is 1. The molecule has 0 saturated carbocycles. The van der Waals surface area contributed by atoms with Crippen LogP contribution in [0.5, 0.6) is 0 Å². The largest absolute Gasteiger partial charge is 0.352 e.